The Bertz CT molecular complexity index is 846. The number of nitrogens with zero attached hydrogens (tertiary/aromatic N) is 4. The van der Waals surface area contributed by atoms with E-state index in [1.54, 1.807) is 43.2 Å². The normalized spacial score (nSPS) is 10.5. The lowest BCUT2D eigenvalue weighted by Gasteiger charge is -2.01. The zero-order valence-electron chi connectivity index (χ0n) is 12.5. The molecule has 2 N–H and O–H groups in total. The molecular weight excluding hydrogens is 300 g/mol. The van der Waals surface area contributed by atoms with Gasteiger partial charge in [-0.2, -0.15) is 10.2 Å². The molecule has 9 heteroatoms. The average molecular weight is 314 g/mol. The van der Waals surface area contributed by atoms with Gasteiger partial charge in [0.15, 0.2) is 17.3 Å². The van der Waals surface area contributed by atoms with E-state index in [0.29, 0.717) is 11.6 Å². The summed E-state index contributed by atoms with van der Waals surface area (Å²) in [5.41, 5.74) is 0.160. The molecule has 0 saturated heterocycles. The van der Waals surface area contributed by atoms with E-state index in [9.17, 15) is 9.59 Å². The molecule has 3 aromatic heterocycles. The van der Waals surface area contributed by atoms with Gasteiger partial charge >= 0.3 is 0 Å². The lowest BCUT2D eigenvalue weighted by Crippen LogP contribution is -2.13. The van der Waals surface area contributed by atoms with Crippen molar-refractivity contribution in [1.82, 2.24) is 19.6 Å². The second kappa shape index (κ2) is 5.79. The Morgan fingerprint density at radius 2 is 1.96 bits per heavy atom. The molecule has 0 aliphatic carbocycles. The van der Waals surface area contributed by atoms with Gasteiger partial charge in [-0.1, -0.05) is 0 Å². The number of nitrogens with one attached hydrogen (secondary N) is 2. The van der Waals surface area contributed by atoms with Crippen LogP contribution in [0.25, 0.3) is 0 Å². The first-order valence-electron chi connectivity index (χ1n) is 6.73. The summed E-state index contributed by atoms with van der Waals surface area (Å²) in [7, 11) is 3.37. The third-order valence-electron chi connectivity index (χ3n) is 3.05. The number of aryl methyl sites for hydroxylation is 2. The first kappa shape index (κ1) is 14.6. The predicted molar refractivity (Wildman–Crippen MR) is 81.0 cm³/mol. The zero-order chi connectivity index (χ0) is 16.4. The minimum absolute atomic E-state index is 0.160. The van der Waals surface area contributed by atoms with Gasteiger partial charge in [0.2, 0.25) is 0 Å². The molecule has 0 bridgehead atoms. The molecule has 0 spiro atoms. The highest BCUT2D eigenvalue weighted by atomic mass is 16.3. The highest BCUT2D eigenvalue weighted by Gasteiger charge is 2.17. The smallest absolute Gasteiger partial charge is 0.292 e. The summed E-state index contributed by atoms with van der Waals surface area (Å²) in [6.07, 6.45) is 3.12. The largest absolute Gasteiger partial charge is 0.459 e. The first-order chi connectivity index (χ1) is 11.0. The van der Waals surface area contributed by atoms with Crippen molar-refractivity contribution >= 4 is 23.5 Å². The van der Waals surface area contributed by atoms with Gasteiger partial charge in [-0.3, -0.25) is 19.0 Å². The summed E-state index contributed by atoms with van der Waals surface area (Å²) in [6.45, 7) is 0. The van der Waals surface area contributed by atoms with Crippen LogP contribution in [0.15, 0.2) is 41.1 Å². The highest BCUT2D eigenvalue weighted by Crippen LogP contribution is 2.13. The van der Waals surface area contributed by atoms with E-state index < -0.39 is 11.8 Å². The van der Waals surface area contributed by atoms with Crippen molar-refractivity contribution in [3.63, 3.8) is 0 Å². The van der Waals surface area contributed by atoms with Crippen LogP contribution in [0.5, 0.6) is 0 Å². The Morgan fingerprint density at radius 3 is 2.61 bits per heavy atom. The van der Waals surface area contributed by atoms with Crippen molar-refractivity contribution in [2.75, 3.05) is 10.6 Å². The number of anilines is 2. The third kappa shape index (κ3) is 3.12. The lowest BCUT2D eigenvalue weighted by molar-refractivity contribution is 0.0993. The molecule has 0 saturated carbocycles. The lowest BCUT2D eigenvalue weighted by atomic mass is 10.3. The fourth-order valence-electron chi connectivity index (χ4n) is 1.94. The van der Waals surface area contributed by atoms with Crippen LogP contribution in [0.3, 0.4) is 0 Å². The van der Waals surface area contributed by atoms with E-state index in [1.807, 2.05) is 0 Å². The molecule has 0 radical (unpaired) electrons. The maximum absolute atomic E-state index is 12.1. The summed E-state index contributed by atoms with van der Waals surface area (Å²) in [6, 6.07) is 6.30. The number of furan rings is 1. The Hall–Kier alpha value is -3.36. The van der Waals surface area contributed by atoms with Crippen LogP contribution in [-0.4, -0.2) is 31.4 Å². The summed E-state index contributed by atoms with van der Waals surface area (Å²) in [4.78, 5) is 24.1. The summed E-state index contributed by atoms with van der Waals surface area (Å²) in [5, 5.41) is 13.4. The van der Waals surface area contributed by atoms with Crippen LogP contribution in [-0.2, 0) is 14.1 Å². The van der Waals surface area contributed by atoms with Gasteiger partial charge in [-0.25, -0.2) is 0 Å². The molecule has 0 fully saturated rings. The van der Waals surface area contributed by atoms with Crippen molar-refractivity contribution in [2.45, 2.75) is 0 Å². The maximum Gasteiger partial charge on any atom is 0.292 e. The van der Waals surface area contributed by atoms with Crippen molar-refractivity contribution in [3.8, 4) is 0 Å². The number of carbonyl (C=O) groups is 2. The molecule has 3 rings (SSSR count). The van der Waals surface area contributed by atoms with Gasteiger partial charge in [0, 0.05) is 32.4 Å². The molecule has 0 unspecified atom stereocenters. The van der Waals surface area contributed by atoms with Gasteiger partial charge < -0.3 is 15.1 Å². The topological polar surface area (TPSA) is 107 Å². The molecular formula is C14H14N6O3. The van der Waals surface area contributed by atoms with Gasteiger partial charge in [0.05, 0.1) is 6.26 Å². The fraction of sp³-hybridized carbons (Fsp3) is 0.143. The molecule has 0 aliphatic rings. The number of aromatic nitrogens is 4. The van der Waals surface area contributed by atoms with Gasteiger partial charge in [-0.05, 0) is 12.1 Å². The summed E-state index contributed by atoms with van der Waals surface area (Å²) in [5.74, 6) is 0.125. The van der Waals surface area contributed by atoms with Crippen LogP contribution in [0, 0.1) is 0 Å². The van der Waals surface area contributed by atoms with E-state index in [4.69, 9.17) is 4.42 Å². The third-order valence-corrected chi connectivity index (χ3v) is 3.05. The molecule has 9 nitrogen and oxygen atoms in total. The monoisotopic (exact) mass is 314 g/mol. The van der Waals surface area contributed by atoms with Crippen molar-refractivity contribution in [2.24, 2.45) is 14.1 Å². The molecule has 0 atom stereocenters. The second-order valence-corrected chi connectivity index (χ2v) is 4.80. The summed E-state index contributed by atoms with van der Waals surface area (Å²) < 4.78 is 7.98. The van der Waals surface area contributed by atoms with Gasteiger partial charge in [0.25, 0.3) is 11.8 Å². The highest BCUT2D eigenvalue weighted by molar-refractivity contribution is 6.05. The van der Waals surface area contributed by atoms with E-state index in [1.165, 1.54) is 17.0 Å². The SMILES string of the molecule is Cn1ccc(NC(=O)c2cc(NC(=O)c3ccco3)n(C)n2)n1. The van der Waals surface area contributed by atoms with Crippen LogP contribution in [0.1, 0.15) is 21.0 Å². The Kier molecular flexibility index (Phi) is 3.67. The standard InChI is InChI=1S/C14H14N6O3/c1-19-6-5-11(18-19)15-13(21)9-8-12(20(2)17-9)16-14(22)10-4-3-7-23-10/h3-8H,1-2H3,(H,16,22)(H,15,18,21). The van der Waals surface area contributed by atoms with Crippen molar-refractivity contribution < 1.29 is 14.0 Å². The molecule has 0 aromatic carbocycles. The van der Waals surface area contributed by atoms with Crippen LogP contribution in [0.2, 0.25) is 0 Å². The van der Waals surface area contributed by atoms with Crippen LogP contribution < -0.4 is 10.6 Å². The first-order valence-corrected chi connectivity index (χ1v) is 6.73. The molecule has 3 aromatic rings. The van der Waals surface area contributed by atoms with Crippen LogP contribution >= 0.6 is 0 Å². The van der Waals surface area contributed by atoms with Gasteiger partial charge in [0.1, 0.15) is 5.82 Å². The summed E-state index contributed by atoms with van der Waals surface area (Å²) >= 11 is 0. The van der Waals surface area contributed by atoms with E-state index >= 15 is 0 Å². The van der Waals surface area contributed by atoms with Crippen molar-refractivity contribution in [3.05, 3.63) is 48.2 Å². The van der Waals surface area contributed by atoms with E-state index in [2.05, 4.69) is 20.8 Å². The molecule has 0 aliphatic heterocycles. The minimum Gasteiger partial charge on any atom is -0.459 e. The van der Waals surface area contributed by atoms with E-state index in [-0.39, 0.29) is 11.5 Å². The Morgan fingerprint density at radius 1 is 1.13 bits per heavy atom. The number of amides is 2. The van der Waals surface area contributed by atoms with Gasteiger partial charge in [-0.15, -0.1) is 0 Å². The predicted octanol–water partition coefficient (Wildman–Crippen LogP) is 1.25. The molecule has 118 valence electrons. The second-order valence-electron chi connectivity index (χ2n) is 4.80. The quantitative estimate of drug-likeness (QED) is 0.753. The fourth-order valence-corrected chi connectivity index (χ4v) is 1.94. The molecule has 2 amide bonds. The zero-order valence-corrected chi connectivity index (χ0v) is 12.5. The molecule has 3 heterocycles. The average Bonchev–Trinajstić information content (AvgIpc) is 3.22. The Balaban J connectivity index is 1.72. The molecule has 23 heavy (non-hydrogen) atoms. The number of hydrogen-bond donors (Lipinski definition) is 2. The van der Waals surface area contributed by atoms with E-state index in [0.717, 1.165) is 0 Å². The van der Waals surface area contributed by atoms with Crippen LogP contribution in [0.4, 0.5) is 11.6 Å². The number of hydrogen-bond acceptors (Lipinski definition) is 5. The van der Waals surface area contributed by atoms with Crippen molar-refractivity contribution in [1.29, 1.82) is 0 Å². The maximum atomic E-state index is 12.1. The minimum atomic E-state index is -0.422. The number of carbonyl (C=O) groups excluding carboxylic acids is 2. The number of rotatable bonds is 4. The Labute approximate surface area is 130 Å².